The van der Waals surface area contributed by atoms with E-state index in [-0.39, 0.29) is 23.8 Å². The van der Waals surface area contributed by atoms with Crippen molar-refractivity contribution in [3.8, 4) is 0 Å². The maximum Gasteiger partial charge on any atom is 0.227 e. The first-order chi connectivity index (χ1) is 11.0. The first-order valence-electron chi connectivity index (χ1n) is 8.68. The normalized spacial score (nSPS) is 21.7. The molecule has 0 unspecified atom stereocenters. The van der Waals surface area contributed by atoms with Gasteiger partial charge in [-0.2, -0.15) is 0 Å². The lowest BCUT2D eigenvalue weighted by atomic mass is 10.0. The van der Waals surface area contributed by atoms with E-state index in [1.165, 1.54) is 17.5 Å². The number of carbonyl (C=O) groups excluding carboxylic acids is 2. The molecule has 1 aliphatic carbocycles. The van der Waals surface area contributed by atoms with Crippen LogP contribution >= 0.6 is 0 Å². The number of aryl methyl sites for hydroxylation is 2. The summed E-state index contributed by atoms with van der Waals surface area (Å²) >= 11 is 0. The molecule has 0 aromatic heterocycles. The molecule has 1 fully saturated rings. The molecule has 2 amide bonds. The van der Waals surface area contributed by atoms with E-state index in [1.807, 2.05) is 13.0 Å². The van der Waals surface area contributed by atoms with E-state index in [0.29, 0.717) is 18.9 Å². The van der Waals surface area contributed by atoms with Crippen LogP contribution in [0.15, 0.2) is 18.2 Å². The molecule has 1 saturated heterocycles. The summed E-state index contributed by atoms with van der Waals surface area (Å²) in [6, 6.07) is 6.43. The van der Waals surface area contributed by atoms with Gasteiger partial charge in [0.25, 0.3) is 0 Å². The average molecular weight is 314 g/mol. The fourth-order valence-electron chi connectivity index (χ4n) is 3.37. The van der Waals surface area contributed by atoms with Crippen molar-refractivity contribution in [2.45, 2.75) is 52.5 Å². The molecule has 1 aromatic rings. The molecule has 4 nitrogen and oxygen atoms in total. The van der Waals surface area contributed by atoms with E-state index < -0.39 is 0 Å². The molecule has 1 aliphatic heterocycles. The van der Waals surface area contributed by atoms with Crippen molar-refractivity contribution in [2.24, 2.45) is 11.8 Å². The predicted molar refractivity (Wildman–Crippen MR) is 91.4 cm³/mol. The second kappa shape index (κ2) is 6.34. The number of benzene rings is 1. The molecule has 124 valence electrons. The maximum atomic E-state index is 12.4. The molecule has 23 heavy (non-hydrogen) atoms. The van der Waals surface area contributed by atoms with Gasteiger partial charge >= 0.3 is 0 Å². The lowest BCUT2D eigenvalue weighted by Crippen LogP contribution is -2.40. The summed E-state index contributed by atoms with van der Waals surface area (Å²) < 4.78 is 0. The van der Waals surface area contributed by atoms with Crippen LogP contribution in [0, 0.1) is 11.8 Å². The Labute approximate surface area is 138 Å². The van der Waals surface area contributed by atoms with Gasteiger partial charge in [-0.3, -0.25) is 9.59 Å². The molecule has 0 radical (unpaired) electrons. The van der Waals surface area contributed by atoms with E-state index in [0.717, 1.165) is 18.5 Å². The van der Waals surface area contributed by atoms with Crippen molar-refractivity contribution >= 4 is 17.5 Å². The van der Waals surface area contributed by atoms with Gasteiger partial charge in [0.1, 0.15) is 0 Å². The predicted octanol–water partition coefficient (Wildman–Crippen LogP) is 2.69. The summed E-state index contributed by atoms with van der Waals surface area (Å²) in [4.78, 5) is 26.5. The molecular weight excluding hydrogens is 288 g/mol. The first kappa shape index (κ1) is 16.0. The smallest absolute Gasteiger partial charge is 0.227 e. The summed E-state index contributed by atoms with van der Waals surface area (Å²) in [7, 11) is 0. The maximum absolute atomic E-state index is 12.4. The third-order valence-electron chi connectivity index (χ3n) is 5.26. The number of anilines is 1. The minimum absolute atomic E-state index is 0.00297. The number of nitrogens with one attached hydrogen (secondary N) is 1. The SMILES string of the molecule is CC(C)[C@@H](C)NC(=O)[C@H]1CC(=O)N(c2ccc3c(c2)CCC3)C1. The Bertz CT molecular complexity index is 624. The Morgan fingerprint density at radius 3 is 2.70 bits per heavy atom. The van der Waals surface area contributed by atoms with Gasteiger partial charge in [-0.05, 0) is 55.4 Å². The Hall–Kier alpha value is -1.84. The fourth-order valence-corrected chi connectivity index (χ4v) is 3.37. The molecule has 4 heteroatoms. The summed E-state index contributed by atoms with van der Waals surface area (Å²) in [6.07, 6.45) is 3.75. The minimum Gasteiger partial charge on any atom is -0.353 e. The van der Waals surface area contributed by atoms with Gasteiger partial charge in [0, 0.05) is 24.7 Å². The lowest BCUT2D eigenvalue weighted by molar-refractivity contribution is -0.127. The molecule has 1 heterocycles. The second-order valence-electron chi connectivity index (χ2n) is 7.25. The van der Waals surface area contributed by atoms with Gasteiger partial charge in [-0.25, -0.2) is 0 Å². The number of nitrogens with zero attached hydrogens (tertiary/aromatic N) is 1. The van der Waals surface area contributed by atoms with Crippen LogP contribution in [0.1, 0.15) is 44.7 Å². The number of rotatable bonds is 4. The number of carbonyl (C=O) groups is 2. The van der Waals surface area contributed by atoms with Crippen LogP contribution in [0.3, 0.4) is 0 Å². The number of hydrogen-bond donors (Lipinski definition) is 1. The van der Waals surface area contributed by atoms with Gasteiger partial charge < -0.3 is 10.2 Å². The highest BCUT2D eigenvalue weighted by atomic mass is 16.2. The molecule has 3 rings (SSSR count). The molecule has 0 saturated carbocycles. The average Bonchev–Trinajstić information content (AvgIpc) is 3.12. The zero-order valence-electron chi connectivity index (χ0n) is 14.3. The third-order valence-corrected chi connectivity index (χ3v) is 5.26. The standard InChI is InChI=1S/C19H26N2O2/c1-12(2)13(3)20-19(23)16-10-18(22)21(11-16)17-8-7-14-5-4-6-15(14)9-17/h7-9,12-13,16H,4-6,10-11H2,1-3H3,(H,20,23)/t13-,16+/m1/s1. The number of fused-ring (bicyclic) bond motifs is 1. The molecule has 2 aliphatic rings. The van der Waals surface area contributed by atoms with Gasteiger partial charge in [0.2, 0.25) is 11.8 Å². The van der Waals surface area contributed by atoms with Crippen molar-refractivity contribution in [1.82, 2.24) is 5.32 Å². The van der Waals surface area contributed by atoms with Crippen molar-refractivity contribution in [2.75, 3.05) is 11.4 Å². The van der Waals surface area contributed by atoms with E-state index in [2.05, 4.69) is 31.3 Å². The highest BCUT2D eigenvalue weighted by molar-refractivity contribution is 6.00. The van der Waals surface area contributed by atoms with Crippen LogP contribution < -0.4 is 10.2 Å². The fraction of sp³-hybridized carbons (Fsp3) is 0.579. The number of amides is 2. The molecular formula is C19H26N2O2. The molecule has 1 N–H and O–H groups in total. The molecule has 0 spiro atoms. The van der Waals surface area contributed by atoms with Crippen molar-refractivity contribution in [3.63, 3.8) is 0 Å². The molecule has 2 atom stereocenters. The van der Waals surface area contributed by atoms with E-state index >= 15 is 0 Å². The second-order valence-corrected chi connectivity index (χ2v) is 7.25. The van der Waals surface area contributed by atoms with Crippen LogP contribution in [0.5, 0.6) is 0 Å². The zero-order valence-corrected chi connectivity index (χ0v) is 14.3. The Balaban J connectivity index is 1.69. The van der Waals surface area contributed by atoms with Gasteiger partial charge in [-0.15, -0.1) is 0 Å². The number of hydrogen-bond acceptors (Lipinski definition) is 2. The van der Waals surface area contributed by atoms with Crippen LogP contribution in [0.25, 0.3) is 0 Å². The molecule has 1 aromatic carbocycles. The summed E-state index contributed by atoms with van der Waals surface area (Å²) in [5.41, 5.74) is 3.71. The monoisotopic (exact) mass is 314 g/mol. The van der Waals surface area contributed by atoms with Crippen LogP contribution in [-0.4, -0.2) is 24.4 Å². The van der Waals surface area contributed by atoms with Gasteiger partial charge in [0.15, 0.2) is 0 Å². The van der Waals surface area contributed by atoms with Crippen molar-refractivity contribution in [3.05, 3.63) is 29.3 Å². The third kappa shape index (κ3) is 3.26. The molecule has 0 bridgehead atoms. The van der Waals surface area contributed by atoms with Crippen LogP contribution in [0.2, 0.25) is 0 Å². The summed E-state index contributed by atoms with van der Waals surface area (Å²) in [5.74, 6) is 0.212. The lowest BCUT2D eigenvalue weighted by Gasteiger charge is -2.21. The van der Waals surface area contributed by atoms with Gasteiger partial charge in [0.05, 0.1) is 5.92 Å². The van der Waals surface area contributed by atoms with Gasteiger partial charge in [-0.1, -0.05) is 19.9 Å². The first-order valence-corrected chi connectivity index (χ1v) is 8.68. The summed E-state index contributed by atoms with van der Waals surface area (Å²) in [5, 5.41) is 3.04. The highest BCUT2D eigenvalue weighted by Gasteiger charge is 2.35. The van der Waals surface area contributed by atoms with E-state index in [9.17, 15) is 9.59 Å². The van der Waals surface area contributed by atoms with Crippen LogP contribution in [0.4, 0.5) is 5.69 Å². The Morgan fingerprint density at radius 1 is 1.22 bits per heavy atom. The van der Waals surface area contributed by atoms with Crippen molar-refractivity contribution < 1.29 is 9.59 Å². The Kier molecular flexibility index (Phi) is 4.42. The van der Waals surface area contributed by atoms with Crippen molar-refractivity contribution in [1.29, 1.82) is 0 Å². The zero-order chi connectivity index (χ0) is 16.6. The topological polar surface area (TPSA) is 49.4 Å². The minimum atomic E-state index is -0.239. The van der Waals surface area contributed by atoms with E-state index in [4.69, 9.17) is 0 Å². The highest BCUT2D eigenvalue weighted by Crippen LogP contribution is 2.30. The largest absolute Gasteiger partial charge is 0.353 e. The quantitative estimate of drug-likeness (QED) is 0.929. The Morgan fingerprint density at radius 2 is 1.96 bits per heavy atom. The summed E-state index contributed by atoms with van der Waals surface area (Å²) in [6.45, 7) is 6.68. The van der Waals surface area contributed by atoms with Crippen LogP contribution in [-0.2, 0) is 22.4 Å². The van der Waals surface area contributed by atoms with E-state index in [1.54, 1.807) is 4.90 Å².